The Labute approximate surface area is 95.9 Å². The lowest BCUT2D eigenvalue weighted by molar-refractivity contribution is -0.137. The van der Waals surface area contributed by atoms with Crippen LogP contribution in [0.2, 0.25) is 0 Å². The van der Waals surface area contributed by atoms with Crippen LogP contribution in [0.5, 0.6) is 0 Å². The fraction of sp³-hybridized carbons (Fsp3) is 0.308. The lowest BCUT2D eigenvalue weighted by Gasteiger charge is -2.08. The molecule has 16 heavy (non-hydrogen) atoms. The van der Waals surface area contributed by atoms with Gasteiger partial charge in [-0.15, -0.1) is 0 Å². The molecule has 1 atom stereocenters. The van der Waals surface area contributed by atoms with Gasteiger partial charge in [0.2, 0.25) is 0 Å². The van der Waals surface area contributed by atoms with Gasteiger partial charge in [-0.1, -0.05) is 36.4 Å². The van der Waals surface area contributed by atoms with Gasteiger partial charge >= 0.3 is 5.97 Å². The number of benzene rings is 1. The van der Waals surface area contributed by atoms with Gasteiger partial charge in [-0.3, -0.25) is 0 Å². The van der Waals surface area contributed by atoms with Gasteiger partial charge in [-0.05, 0) is 18.9 Å². The molecule has 0 radical (unpaired) electrons. The van der Waals surface area contributed by atoms with Crippen LogP contribution in [-0.2, 0) is 9.53 Å². The van der Waals surface area contributed by atoms with Crippen molar-refractivity contribution in [2.24, 2.45) is 5.73 Å². The summed E-state index contributed by atoms with van der Waals surface area (Å²) in [7, 11) is 0. The van der Waals surface area contributed by atoms with Gasteiger partial charge < -0.3 is 10.5 Å². The molecule has 0 aliphatic carbocycles. The minimum atomic E-state index is -0.317. The van der Waals surface area contributed by atoms with E-state index in [1.165, 1.54) is 6.08 Å². The van der Waals surface area contributed by atoms with E-state index in [0.717, 1.165) is 5.56 Å². The molecule has 3 heteroatoms. The van der Waals surface area contributed by atoms with Crippen LogP contribution in [0, 0.1) is 0 Å². The number of nitrogens with two attached hydrogens (primary N) is 1. The van der Waals surface area contributed by atoms with E-state index in [1.54, 1.807) is 13.0 Å². The van der Waals surface area contributed by atoms with Crippen LogP contribution in [0.15, 0.2) is 42.5 Å². The van der Waals surface area contributed by atoms with Crippen LogP contribution < -0.4 is 5.73 Å². The molecule has 0 aliphatic heterocycles. The number of carbonyl (C=O) groups is 1. The van der Waals surface area contributed by atoms with Crippen molar-refractivity contribution in [3.8, 4) is 0 Å². The average molecular weight is 219 g/mol. The highest BCUT2D eigenvalue weighted by Gasteiger charge is 2.02. The SMILES string of the molecule is CCOC(=O)/C=C/C[C@H](N)c1ccccc1. The predicted molar refractivity (Wildman–Crippen MR) is 63.8 cm³/mol. The number of hydrogen-bond acceptors (Lipinski definition) is 3. The standard InChI is InChI=1S/C13H17NO2/c1-2-16-13(15)10-6-9-12(14)11-7-4-3-5-8-11/h3-8,10,12H,2,9,14H2,1H3/b10-6+/t12-/m0/s1. The molecule has 0 spiro atoms. The maximum absolute atomic E-state index is 11.0. The van der Waals surface area contributed by atoms with Crippen LogP contribution in [0.1, 0.15) is 24.9 Å². The van der Waals surface area contributed by atoms with Crippen molar-refractivity contribution >= 4 is 5.97 Å². The highest BCUT2D eigenvalue weighted by molar-refractivity contribution is 5.81. The molecular weight excluding hydrogens is 202 g/mol. The Morgan fingerprint density at radius 3 is 2.75 bits per heavy atom. The minimum absolute atomic E-state index is 0.0770. The first-order chi connectivity index (χ1) is 7.74. The summed E-state index contributed by atoms with van der Waals surface area (Å²) in [6, 6.07) is 9.72. The zero-order chi connectivity index (χ0) is 11.8. The molecule has 1 aromatic carbocycles. The number of hydrogen-bond donors (Lipinski definition) is 1. The molecule has 86 valence electrons. The van der Waals surface area contributed by atoms with Gasteiger partial charge in [0.05, 0.1) is 6.61 Å². The fourth-order valence-corrected chi connectivity index (χ4v) is 1.34. The third-order valence-electron chi connectivity index (χ3n) is 2.16. The third-order valence-corrected chi connectivity index (χ3v) is 2.16. The molecule has 0 aromatic heterocycles. The van der Waals surface area contributed by atoms with E-state index < -0.39 is 0 Å². The van der Waals surface area contributed by atoms with E-state index in [9.17, 15) is 4.79 Å². The Hall–Kier alpha value is -1.61. The zero-order valence-corrected chi connectivity index (χ0v) is 9.43. The molecule has 0 saturated carbocycles. The molecular formula is C13H17NO2. The Kier molecular flexibility index (Phi) is 5.29. The molecule has 1 aromatic rings. The minimum Gasteiger partial charge on any atom is -0.463 e. The predicted octanol–water partition coefficient (Wildman–Crippen LogP) is 2.20. The lowest BCUT2D eigenvalue weighted by Crippen LogP contribution is -2.09. The second-order valence-corrected chi connectivity index (χ2v) is 3.41. The maximum Gasteiger partial charge on any atom is 0.330 e. The highest BCUT2D eigenvalue weighted by Crippen LogP contribution is 2.13. The number of ether oxygens (including phenoxy) is 1. The molecule has 2 N–H and O–H groups in total. The molecule has 0 aliphatic rings. The van der Waals surface area contributed by atoms with Crippen LogP contribution in [0.25, 0.3) is 0 Å². The fourth-order valence-electron chi connectivity index (χ4n) is 1.34. The van der Waals surface area contributed by atoms with E-state index in [-0.39, 0.29) is 12.0 Å². The molecule has 1 rings (SSSR count). The summed E-state index contributed by atoms with van der Waals surface area (Å²) in [6.07, 6.45) is 3.80. The smallest absolute Gasteiger partial charge is 0.330 e. The van der Waals surface area contributed by atoms with E-state index >= 15 is 0 Å². The van der Waals surface area contributed by atoms with Crippen molar-refractivity contribution in [2.45, 2.75) is 19.4 Å². The third kappa shape index (κ3) is 4.28. The van der Waals surface area contributed by atoms with Crippen molar-refractivity contribution < 1.29 is 9.53 Å². The molecule has 0 bridgehead atoms. The summed E-state index contributed by atoms with van der Waals surface area (Å²) in [6.45, 7) is 2.18. The van der Waals surface area contributed by atoms with Crippen molar-refractivity contribution in [3.05, 3.63) is 48.0 Å². The van der Waals surface area contributed by atoms with Gasteiger partial charge in [-0.2, -0.15) is 0 Å². The first kappa shape index (κ1) is 12.5. The molecule has 0 unspecified atom stereocenters. The van der Waals surface area contributed by atoms with E-state index in [2.05, 4.69) is 0 Å². The molecule has 0 saturated heterocycles. The van der Waals surface area contributed by atoms with Gasteiger partial charge in [-0.25, -0.2) is 4.79 Å². The van der Waals surface area contributed by atoms with E-state index in [4.69, 9.17) is 10.5 Å². The molecule has 0 amide bonds. The molecule has 0 fully saturated rings. The summed E-state index contributed by atoms with van der Waals surface area (Å²) in [5.74, 6) is -0.317. The van der Waals surface area contributed by atoms with E-state index in [1.807, 2.05) is 30.3 Å². The summed E-state index contributed by atoms with van der Waals surface area (Å²) >= 11 is 0. The van der Waals surface area contributed by atoms with Gasteiger partial charge in [0, 0.05) is 12.1 Å². The van der Waals surface area contributed by atoms with Gasteiger partial charge in [0.15, 0.2) is 0 Å². The summed E-state index contributed by atoms with van der Waals surface area (Å²) < 4.78 is 4.76. The number of carbonyl (C=O) groups excluding carboxylic acids is 1. The van der Waals surface area contributed by atoms with Crippen molar-refractivity contribution in [1.82, 2.24) is 0 Å². The van der Waals surface area contributed by atoms with Gasteiger partial charge in [0.1, 0.15) is 0 Å². The molecule has 0 heterocycles. The van der Waals surface area contributed by atoms with Crippen LogP contribution in [0.3, 0.4) is 0 Å². The Bertz CT molecular complexity index is 346. The second-order valence-electron chi connectivity index (χ2n) is 3.41. The second kappa shape index (κ2) is 6.80. The van der Waals surface area contributed by atoms with Crippen LogP contribution in [-0.4, -0.2) is 12.6 Å². The highest BCUT2D eigenvalue weighted by atomic mass is 16.5. The quantitative estimate of drug-likeness (QED) is 0.610. The monoisotopic (exact) mass is 219 g/mol. The Balaban J connectivity index is 2.41. The topological polar surface area (TPSA) is 52.3 Å². The normalized spacial score (nSPS) is 12.6. The van der Waals surface area contributed by atoms with E-state index in [0.29, 0.717) is 13.0 Å². The summed E-state index contributed by atoms with van der Waals surface area (Å²) in [5.41, 5.74) is 7.02. The lowest BCUT2D eigenvalue weighted by atomic mass is 10.0. The summed E-state index contributed by atoms with van der Waals surface area (Å²) in [5, 5.41) is 0. The summed E-state index contributed by atoms with van der Waals surface area (Å²) in [4.78, 5) is 11.0. The van der Waals surface area contributed by atoms with Crippen molar-refractivity contribution in [3.63, 3.8) is 0 Å². The Morgan fingerprint density at radius 1 is 1.44 bits per heavy atom. The van der Waals surface area contributed by atoms with Crippen LogP contribution in [0.4, 0.5) is 0 Å². The maximum atomic E-state index is 11.0. The van der Waals surface area contributed by atoms with Crippen molar-refractivity contribution in [1.29, 1.82) is 0 Å². The van der Waals surface area contributed by atoms with Crippen molar-refractivity contribution in [2.75, 3.05) is 6.61 Å². The first-order valence-corrected chi connectivity index (χ1v) is 5.38. The van der Waals surface area contributed by atoms with Crippen LogP contribution >= 0.6 is 0 Å². The first-order valence-electron chi connectivity index (χ1n) is 5.38. The zero-order valence-electron chi connectivity index (χ0n) is 9.43. The Morgan fingerprint density at radius 2 is 2.12 bits per heavy atom. The average Bonchev–Trinajstić information content (AvgIpc) is 2.30. The van der Waals surface area contributed by atoms with Gasteiger partial charge in [0.25, 0.3) is 0 Å². The largest absolute Gasteiger partial charge is 0.463 e. The number of rotatable bonds is 5. The number of esters is 1. The molecule has 3 nitrogen and oxygen atoms in total.